The van der Waals surface area contributed by atoms with Crippen LogP contribution >= 0.6 is 0 Å². The average Bonchev–Trinajstić information content (AvgIpc) is 2.98. The van der Waals surface area contributed by atoms with Gasteiger partial charge in [0.15, 0.2) is 0 Å². The van der Waals surface area contributed by atoms with Crippen LogP contribution in [0.15, 0.2) is 24.4 Å². The maximum Gasteiger partial charge on any atom is 0.0926 e. The Bertz CT molecular complexity index is 377. The number of aliphatic hydroxyl groups excluding tert-OH is 1. The van der Waals surface area contributed by atoms with Crippen molar-refractivity contribution in [2.75, 3.05) is 13.2 Å². The molecule has 4 heteroatoms. The van der Waals surface area contributed by atoms with Gasteiger partial charge in [-0.2, -0.15) is 0 Å². The fraction of sp³-hybridized carbons (Fsp3) is 0.688. The van der Waals surface area contributed by atoms with Gasteiger partial charge in [0.2, 0.25) is 0 Å². The monoisotopic (exact) mass is 278 g/mol. The molecule has 2 rings (SSSR count). The predicted molar refractivity (Wildman–Crippen MR) is 79.4 cm³/mol. The molecule has 0 radical (unpaired) electrons. The molecule has 0 amide bonds. The number of hydrogen-bond acceptors (Lipinski definition) is 4. The zero-order valence-corrected chi connectivity index (χ0v) is 12.5. The SMILES string of the molecule is CC(C)CC(NCC(O)C1CCCO1)c1ccccn1. The first-order valence-corrected chi connectivity index (χ1v) is 7.60. The summed E-state index contributed by atoms with van der Waals surface area (Å²) in [6.07, 6.45) is 4.40. The van der Waals surface area contributed by atoms with Crippen LogP contribution in [0.2, 0.25) is 0 Å². The van der Waals surface area contributed by atoms with Crippen LogP contribution in [-0.4, -0.2) is 35.5 Å². The third-order valence-electron chi connectivity index (χ3n) is 3.72. The second-order valence-electron chi connectivity index (χ2n) is 5.96. The molecule has 1 aliphatic rings. The van der Waals surface area contributed by atoms with Crippen LogP contribution in [-0.2, 0) is 4.74 Å². The van der Waals surface area contributed by atoms with Crippen molar-refractivity contribution in [3.05, 3.63) is 30.1 Å². The lowest BCUT2D eigenvalue weighted by atomic mass is 10.00. The highest BCUT2D eigenvalue weighted by molar-refractivity contribution is 5.08. The molecular weight excluding hydrogens is 252 g/mol. The van der Waals surface area contributed by atoms with E-state index in [1.807, 2.05) is 24.4 Å². The van der Waals surface area contributed by atoms with Crippen molar-refractivity contribution in [3.63, 3.8) is 0 Å². The summed E-state index contributed by atoms with van der Waals surface area (Å²) in [5.41, 5.74) is 1.04. The molecule has 0 spiro atoms. The Morgan fingerprint density at radius 2 is 2.30 bits per heavy atom. The summed E-state index contributed by atoms with van der Waals surface area (Å²) < 4.78 is 5.53. The molecule has 3 atom stereocenters. The normalized spacial score (nSPS) is 22.1. The van der Waals surface area contributed by atoms with E-state index in [0.717, 1.165) is 31.6 Å². The van der Waals surface area contributed by atoms with Crippen LogP contribution < -0.4 is 5.32 Å². The molecule has 1 aliphatic heterocycles. The first kappa shape index (κ1) is 15.4. The van der Waals surface area contributed by atoms with Crippen molar-refractivity contribution in [2.24, 2.45) is 5.92 Å². The lowest BCUT2D eigenvalue weighted by molar-refractivity contribution is -0.00203. The highest BCUT2D eigenvalue weighted by Gasteiger charge is 2.25. The van der Waals surface area contributed by atoms with Gasteiger partial charge in [0.1, 0.15) is 0 Å². The number of pyridine rings is 1. The Hall–Kier alpha value is -0.970. The Balaban J connectivity index is 1.90. The fourth-order valence-electron chi connectivity index (χ4n) is 2.66. The second kappa shape index (κ2) is 7.72. The van der Waals surface area contributed by atoms with Crippen molar-refractivity contribution < 1.29 is 9.84 Å². The average molecular weight is 278 g/mol. The Kier molecular flexibility index (Phi) is 5.95. The Labute approximate surface area is 121 Å². The minimum atomic E-state index is -0.434. The lowest BCUT2D eigenvalue weighted by Crippen LogP contribution is -2.38. The highest BCUT2D eigenvalue weighted by Crippen LogP contribution is 2.20. The number of aromatic nitrogens is 1. The molecule has 2 heterocycles. The van der Waals surface area contributed by atoms with Crippen molar-refractivity contribution in [1.82, 2.24) is 10.3 Å². The molecule has 3 unspecified atom stereocenters. The minimum Gasteiger partial charge on any atom is -0.389 e. The molecular formula is C16H26N2O2. The van der Waals surface area contributed by atoms with Gasteiger partial charge in [-0.1, -0.05) is 19.9 Å². The van der Waals surface area contributed by atoms with Crippen molar-refractivity contribution >= 4 is 0 Å². The van der Waals surface area contributed by atoms with E-state index >= 15 is 0 Å². The summed E-state index contributed by atoms with van der Waals surface area (Å²) in [4.78, 5) is 4.43. The first-order valence-electron chi connectivity index (χ1n) is 7.60. The molecule has 20 heavy (non-hydrogen) atoms. The van der Waals surface area contributed by atoms with E-state index in [4.69, 9.17) is 4.74 Å². The van der Waals surface area contributed by atoms with Crippen molar-refractivity contribution in [3.8, 4) is 0 Å². The number of nitrogens with zero attached hydrogens (tertiary/aromatic N) is 1. The zero-order valence-electron chi connectivity index (χ0n) is 12.5. The van der Waals surface area contributed by atoms with Crippen LogP contribution in [0.1, 0.15) is 44.8 Å². The molecule has 0 saturated carbocycles. The van der Waals surface area contributed by atoms with E-state index in [0.29, 0.717) is 12.5 Å². The van der Waals surface area contributed by atoms with Crippen LogP contribution in [0, 0.1) is 5.92 Å². The topological polar surface area (TPSA) is 54.4 Å². The number of nitrogens with one attached hydrogen (secondary N) is 1. The predicted octanol–water partition coefficient (Wildman–Crippen LogP) is 2.30. The lowest BCUT2D eigenvalue weighted by Gasteiger charge is -2.24. The quantitative estimate of drug-likeness (QED) is 0.803. The van der Waals surface area contributed by atoms with Crippen molar-refractivity contribution in [1.29, 1.82) is 0 Å². The maximum atomic E-state index is 10.2. The molecule has 1 aromatic heterocycles. The third kappa shape index (κ3) is 4.54. The zero-order chi connectivity index (χ0) is 14.4. The summed E-state index contributed by atoms with van der Waals surface area (Å²) in [5.74, 6) is 0.578. The molecule has 1 saturated heterocycles. The van der Waals surface area contributed by atoms with Gasteiger partial charge in [-0.25, -0.2) is 0 Å². The van der Waals surface area contributed by atoms with Gasteiger partial charge in [0.05, 0.1) is 17.9 Å². The summed E-state index contributed by atoms with van der Waals surface area (Å²) in [6.45, 7) is 5.73. The van der Waals surface area contributed by atoms with Gasteiger partial charge < -0.3 is 15.2 Å². The second-order valence-corrected chi connectivity index (χ2v) is 5.96. The summed E-state index contributed by atoms with van der Waals surface area (Å²) in [7, 11) is 0. The molecule has 0 aromatic carbocycles. The van der Waals surface area contributed by atoms with Gasteiger partial charge in [0.25, 0.3) is 0 Å². The fourth-order valence-corrected chi connectivity index (χ4v) is 2.66. The molecule has 0 bridgehead atoms. The maximum absolute atomic E-state index is 10.2. The first-order chi connectivity index (χ1) is 9.66. The van der Waals surface area contributed by atoms with E-state index in [9.17, 15) is 5.11 Å². The minimum absolute atomic E-state index is 0.00840. The van der Waals surface area contributed by atoms with Gasteiger partial charge in [-0.05, 0) is 37.3 Å². The molecule has 2 N–H and O–H groups in total. The number of hydrogen-bond donors (Lipinski definition) is 2. The summed E-state index contributed by atoms with van der Waals surface area (Å²) >= 11 is 0. The smallest absolute Gasteiger partial charge is 0.0926 e. The van der Waals surface area contributed by atoms with Gasteiger partial charge >= 0.3 is 0 Å². The van der Waals surface area contributed by atoms with Crippen LogP contribution in [0.5, 0.6) is 0 Å². The highest BCUT2D eigenvalue weighted by atomic mass is 16.5. The van der Waals surface area contributed by atoms with Crippen molar-refractivity contribution in [2.45, 2.75) is 51.4 Å². The molecule has 0 aliphatic carbocycles. The Morgan fingerprint density at radius 1 is 1.45 bits per heavy atom. The van der Waals surface area contributed by atoms with E-state index in [1.54, 1.807) is 0 Å². The molecule has 1 aromatic rings. The van der Waals surface area contributed by atoms with Crippen LogP contribution in [0.25, 0.3) is 0 Å². The molecule has 1 fully saturated rings. The standard InChI is InChI=1S/C16H26N2O2/c1-12(2)10-14(13-6-3-4-8-17-13)18-11-15(19)16-7-5-9-20-16/h3-4,6,8,12,14-16,18-19H,5,7,9-11H2,1-2H3. The van der Waals surface area contributed by atoms with Gasteiger partial charge in [0, 0.05) is 25.4 Å². The largest absolute Gasteiger partial charge is 0.389 e. The van der Waals surface area contributed by atoms with Crippen LogP contribution in [0.3, 0.4) is 0 Å². The van der Waals surface area contributed by atoms with E-state index in [1.165, 1.54) is 0 Å². The van der Waals surface area contributed by atoms with Gasteiger partial charge in [-0.15, -0.1) is 0 Å². The third-order valence-corrected chi connectivity index (χ3v) is 3.72. The van der Waals surface area contributed by atoms with Crippen LogP contribution in [0.4, 0.5) is 0 Å². The summed E-state index contributed by atoms with van der Waals surface area (Å²) in [6, 6.07) is 6.16. The summed E-state index contributed by atoms with van der Waals surface area (Å²) in [5, 5.41) is 13.6. The Morgan fingerprint density at radius 3 is 2.90 bits per heavy atom. The number of rotatable bonds is 7. The van der Waals surface area contributed by atoms with Gasteiger partial charge in [-0.3, -0.25) is 4.98 Å². The van der Waals surface area contributed by atoms with E-state index in [2.05, 4.69) is 24.1 Å². The van der Waals surface area contributed by atoms with E-state index in [-0.39, 0.29) is 12.1 Å². The molecule has 4 nitrogen and oxygen atoms in total. The van der Waals surface area contributed by atoms with E-state index < -0.39 is 6.10 Å². The molecule has 112 valence electrons. The number of aliphatic hydroxyl groups is 1. The number of ether oxygens (including phenoxy) is 1.